The molecular formula is C18H14F3N3OS. The molecule has 1 N–H and O–H groups in total. The third-order valence-electron chi connectivity index (χ3n) is 3.61. The summed E-state index contributed by atoms with van der Waals surface area (Å²) in [6, 6.07) is 8.21. The number of alkyl halides is 3. The lowest BCUT2D eigenvalue weighted by Crippen LogP contribution is -2.15. The Hall–Kier alpha value is -2.74. The number of carbonyl (C=O) groups is 1. The zero-order valence-corrected chi connectivity index (χ0v) is 14.5. The van der Waals surface area contributed by atoms with Crippen LogP contribution in [0.15, 0.2) is 48.8 Å². The zero-order chi connectivity index (χ0) is 18.7. The first-order chi connectivity index (χ1) is 12.3. The largest absolute Gasteiger partial charge is 0.416 e. The van der Waals surface area contributed by atoms with E-state index in [9.17, 15) is 18.0 Å². The van der Waals surface area contributed by atoms with E-state index in [0.717, 1.165) is 33.3 Å². The van der Waals surface area contributed by atoms with E-state index in [4.69, 9.17) is 0 Å². The second-order valence-corrected chi connectivity index (χ2v) is 6.65. The number of carbonyl (C=O) groups excluding carboxylic acids is 1. The lowest BCUT2D eigenvalue weighted by molar-refractivity contribution is -0.137. The van der Waals surface area contributed by atoms with Crippen molar-refractivity contribution in [1.29, 1.82) is 0 Å². The zero-order valence-electron chi connectivity index (χ0n) is 13.7. The number of thiazole rings is 1. The summed E-state index contributed by atoms with van der Waals surface area (Å²) < 4.78 is 38.2. The van der Waals surface area contributed by atoms with Gasteiger partial charge >= 0.3 is 6.18 Å². The lowest BCUT2D eigenvalue weighted by Gasteiger charge is -2.09. The van der Waals surface area contributed by atoms with Gasteiger partial charge in [0.1, 0.15) is 5.01 Å². The summed E-state index contributed by atoms with van der Waals surface area (Å²) in [5.74, 6) is -0.391. The predicted octanol–water partition coefficient (Wildman–Crippen LogP) is 4.71. The number of nitrogens with one attached hydrogen (secondary N) is 1. The Morgan fingerprint density at radius 1 is 1.19 bits per heavy atom. The number of rotatable bonds is 4. The fraction of sp³-hybridized carbons (Fsp3) is 0.167. The van der Waals surface area contributed by atoms with E-state index in [2.05, 4.69) is 15.3 Å². The summed E-state index contributed by atoms with van der Waals surface area (Å²) in [4.78, 5) is 21.4. The molecule has 1 aromatic carbocycles. The number of nitrogens with zero attached hydrogens (tertiary/aromatic N) is 2. The Kier molecular flexibility index (Phi) is 5.03. The summed E-state index contributed by atoms with van der Waals surface area (Å²) in [6.07, 6.45) is -1.09. The molecule has 4 nitrogen and oxygen atoms in total. The molecule has 0 saturated carbocycles. The quantitative estimate of drug-likeness (QED) is 0.716. The average Bonchev–Trinajstić information content (AvgIpc) is 2.96. The van der Waals surface area contributed by atoms with Gasteiger partial charge in [0.15, 0.2) is 0 Å². The minimum atomic E-state index is -4.45. The maximum atomic E-state index is 12.7. The standard InChI is InChI=1S/C18H14F3N3OS/c1-11-15(26-17(23-11)12-5-7-22-8-6-12)10-16(25)24-14-4-2-3-13(9-14)18(19,20)21/h2-9H,10H2,1H3,(H,24,25). The van der Waals surface area contributed by atoms with Gasteiger partial charge in [-0.2, -0.15) is 13.2 Å². The lowest BCUT2D eigenvalue weighted by atomic mass is 10.2. The molecule has 1 amide bonds. The highest BCUT2D eigenvalue weighted by molar-refractivity contribution is 7.15. The van der Waals surface area contributed by atoms with Crippen LogP contribution in [0.3, 0.4) is 0 Å². The van der Waals surface area contributed by atoms with Crippen molar-refractivity contribution in [2.45, 2.75) is 19.5 Å². The topological polar surface area (TPSA) is 54.9 Å². The second-order valence-electron chi connectivity index (χ2n) is 5.57. The van der Waals surface area contributed by atoms with Crippen LogP contribution in [0.1, 0.15) is 16.1 Å². The number of aryl methyl sites for hydroxylation is 1. The molecule has 2 heterocycles. The highest BCUT2D eigenvalue weighted by Crippen LogP contribution is 2.31. The summed E-state index contributed by atoms with van der Waals surface area (Å²) in [7, 11) is 0. The molecule has 0 fully saturated rings. The van der Waals surface area contributed by atoms with Crippen molar-refractivity contribution in [2.75, 3.05) is 5.32 Å². The van der Waals surface area contributed by atoms with Crippen LogP contribution in [-0.4, -0.2) is 15.9 Å². The molecule has 0 saturated heterocycles. The van der Waals surface area contributed by atoms with Crippen molar-refractivity contribution in [3.8, 4) is 10.6 Å². The van der Waals surface area contributed by atoms with Crippen LogP contribution in [0.2, 0.25) is 0 Å². The molecule has 0 atom stereocenters. The van der Waals surface area contributed by atoms with Crippen molar-refractivity contribution in [1.82, 2.24) is 9.97 Å². The van der Waals surface area contributed by atoms with Gasteiger partial charge in [-0.3, -0.25) is 9.78 Å². The van der Waals surface area contributed by atoms with Crippen molar-refractivity contribution in [3.05, 3.63) is 64.9 Å². The molecule has 134 valence electrons. The molecule has 0 unspecified atom stereocenters. The molecule has 2 aromatic heterocycles. The monoisotopic (exact) mass is 377 g/mol. The molecular weight excluding hydrogens is 363 g/mol. The first-order valence-electron chi connectivity index (χ1n) is 7.67. The number of hydrogen-bond donors (Lipinski definition) is 1. The fourth-order valence-electron chi connectivity index (χ4n) is 2.33. The van der Waals surface area contributed by atoms with E-state index < -0.39 is 17.6 Å². The van der Waals surface area contributed by atoms with Crippen molar-refractivity contribution in [3.63, 3.8) is 0 Å². The third kappa shape index (κ3) is 4.26. The SMILES string of the molecule is Cc1nc(-c2ccncc2)sc1CC(=O)Nc1cccc(C(F)(F)F)c1. The fourth-order valence-corrected chi connectivity index (χ4v) is 3.40. The molecule has 0 bridgehead atoms. The van der Waals surface area contributed by atoms with E-state index in [1.54, 1.807) is 19.3 Å². The number of hydrogen-bond acceptors (Lipinski definition) is 4. The molecule has 26 heavy (non-hydrogen) atoms. The van der Waals surface area contributed by atoms with E-state index in [0.29, 0.717) is 0 Å². The minimum Gasteiger partial charge on any atom is -0.326 e. The summed E-state index contributed by atoms with van der Waals surface area (Å²) in [5, 5.41) is 3.28. The Labute approximate surface area is 151 Å². The summed E-state index contributed by atoms with van der Waals surface area (Å²) in [5.41, 5.74) is 0.934. The van der Waals surface area contributed by atoms with E-state index >= 15 is 0 Å². The average molecular weight is 377 g/mol. The van der Waals surface area contributed by atoms with Gasteiger partial charge in [0.2, 0.25) is 5.91 Å². The minimum absolute atomic E-state index is 0.0465. The Balaban J connectivity index is 1.72. The summed E-state index contributed by atoms with van der Waals surface area (Å²) >= 11 is 1.38. The van der Waals surface area contributed by atoms with Crippen molar-refractivity contribution < 1.29 is 18.0 Å². The Morgan fingerprint density at radius 2 is 1.92 bits per heavy atom. The number of aromatic nitrogens is 2. The van der Waals surface area contributed by atoms with Crippen molar-refractivity contribution in [2.24, 2.45) is 0 Å². The molecule has 3 aromatic rings. The number of pyridine rings is 1. The van der Waals surface area contributed by atoms with E-state index in [-0.39, 0.29) is 12.1 Å². The number of amides is 1. The third-order valence-corrected chi connectivity index (χ3v) is 4.82. The highest BCUT2D eigenvalue weighted by atomic mass is 32.1. The van der Waals surface area contributed by atoms with Crippen LogP contribution in [0.25, 0.3) is 10.6 Å². The molecule has 0 radical (unpaired) electrons. The van der Waals surface area contributed by atoms with Gasteiger partial charge in [0, 0.05) is 28.5 Å². The van der Waals surface area contributed by atoms with Crippen LogP contribution in [0.4, 0.5) is 18.9 Å². The van der Waals surface area contributed by atoms with Gasteiger partial charge in [-0.15, -0.1) is 11.3 Å². The van der Waals surface area contributed by atoms with Crippen LogP contribution in [0.5, 0.6) is 0 Å². The first-order valence-corrected chi connectivity index (χ1v) is 8.48. The highest BCUT2D eigenvalue weighted by Gasteiger charge is 2.30. The molecule has 0 aliphatic heterocycles. The molecule has 3 rings (SSSR count). The van der Waals surface area contributed by atoms with Crippen LogP contribution in [-0.2, 0) is 17.4 Å². The second kappa shape index (κ2) is 7.25. The van der Waals surface area contributed by atoms with Gasteiger partial charge in [-0.1, -0.05) is 6.07 Å². The molecule has 0 aliphatic carbocycles. The smallest absolute Gasteiger partial charge is 0.326 e. The van der Waals surface area contributed by atoms with Crippen LogP contribution < -0.4 is 5.32 Å². The normalized spacial score (nSPS) is 11.4. The van der Waals surface area contributed by atoms with Crippen molar-refractivity contribution >= 4 is 22.9 Å². The number of anilines is 1. The van der Waals surface area contributed by atoms with Gasteiger partial charge in [-0.05, 0) is 37.3 Å². The molecule has 0 spiro atoms. The summed E-state index contributed by atoms with van der Waals surface area (Å²) in [6.45, 7) is 1.80. The van der Waals surface area contributed by atoms with Gasteiger partial charge < -0.3 is 5.32 Å². The Bertz CT molecular complexity index is 923. The van der Waals surface area contributed by atoms with E-state index in [1.807, 2.05) is 12.1 Å². The van der Waals surface area contributed by atoms with Crippen LogP contribution >= 0.6 is 11.3 Å². The first kappa shape index (κ1) is 18.1. The predicted molar refractivity (Wildman–Crippen MR) is 93.9 cm³/mol. The molecule has 0 aliphatic rings. The maximum absolute atomic E-state index is 12.7. The Morgan fingerprint density at radius 3 is 2.62 bits per heavy atom. The van der Waals surface area contributed by atoms with Crippen LogP contribution in [0, 0.1) is 6.92 Å². The molecule has 8 heteroatoms. The van der Waals surface area contributed by atoms with Gasteiger partial charge in [0.05, 0.1) is 17.7 Å². The van der Waals surface area contributed by atoms with E-state index in [1.165, 1.54) is 23.5 Å². The van der Waals surface area contributed by atoms with Gasteiger partial charge in [0.25, 0.3) is 0 Å². The maximum Gasteiger partial charge on any atom is 0.416 e. The van der Waals surface area contributed by atoms with Gasteiger partial charge in [-0.25, -0.2) is 4.98 Å². The number of benzene rings is 1. The number of halogens is 3.